The second-order valence-corrected chi connectivity index (χ2v) is 18.7. The number of amides is 4. The standard InChI is InChI=1S/C39H48F5N5O9S/c1-21-8-6-7-9-23-18-38(23,34(52)48-59(54,55)37(20-40)11-12-37)47-31(50)28-17-25(57-32-27-15-24(41)16-29(56-5)26(27)10-13-45-32)19-49(28)33(51)30(22(2)14-21)46-35(53)58-36(3,4)39(42,43)44/h7,9-10,13,15-16,21-23,25,28,30H,6,8,11-12,14,17-20H2,1-5H3,(H,46,53)(H,47,50)(H,48,52)/b9-7-/t21-,22+,23+,25+,28-,30-,38+/m0/s1. The Labute approximate surface area is 338 Å². The van der Waals surface area contributed by atoms with Gasteiger partial charge in [-0.2, -0.15) is 13.2 Å². The molecule has 1 aromatic heterocycles. The van der Waals surface area contributed by atoms with Gasteiger partial charge in [0.1, 0.15) is 46.7 Å². The minimum absolute atomic E-state index is 0.00731. The van der Waals surface area contributed by atoms with Crippen LogP contribution in [0.5, 0.6) is 11.6 Å². The van der Waals surface area contributed by atoms with E-state index < -0.39 is 98.4 Å². The first-order chi connectivity index (χ1) is 27.6. The summed E-state index contributed by atoms with van der Waals surface area (Å²) in [6.07, 6.45) is -1.62. The smallest absolute Gasteiger partial charge is 0.427 e. The summed E-state index contributed by atoms with van der Waals surface area (Å²) in [6, 6.07) is 0.913. The number of allylic oxidation sites excluding steroid dienone is 1. The zero-order valence-electron chi connectivity index (χ0n) is 33.2. The number of halogens is 5. The molecule has 1 saturated heterocycles. The third-order valence-corrected chi connectivity index (χ3v) is 14.0. The molecule has 0 bridgehead atoms. The summed E-state index contributed by atoms with van der Waals surface area (Å²) in [6.45, 7) is 3.26. The Hall–Kier alpha value is -4.75. The van der Waals surface area contributed by atoms with Crippen LogP contribution in [0.3, 0.4) is 0 Å². The van der Waals surface area contributed by atoms with E-state index in [4.69, 9.17) is 14.2 Å². The van der Waals surface area contributed by atoms with E-state index >= 15 is 0 Å². The van der Waals surface area contributed by atoms with Gasteiger partial charge in [-0.05, 0) is 76.3 Å². The number of hydrogen-bond donors (Lipinski definition) is 3. The van der Waals surface area contributed by atoms with E-state index in [1.165, 1.54) is 13.3 Å². The van der Waals surface area contributed by atoms with Crippen LogP contribution >= 0.6 is 0 Å². The first kappa shape index (κ1) is 43.8. The summed E-state index contributed by atoms with van der Waals surface area (Å²) >= 11 is 0. The fourth-order valence-electron chi connectivity index (χ4n) is 7.81. The van der Waals surface area contributed by atoms with Gasteiger partial charge in [0, 0.05) is 30.0 Å². The molecule has 4 aliphatic rings. The Morgan fingerprint density at radius 3 is 2.46 bits per heavy atom. The highest BCUT2D eigenvalue weighted by atomic mass is 32.2. The monoisotopic (exact) mass is 857 g/mol. The second-order valence-electron chi connectivity index (χ2n) is 16.7. The van der Waals surface area contributed by atoms with Gasteiger partial charge in [-0.15, -0.1) is 0 Å². The molecule has 7 atom stereocenters. The Morgan fingerprint density at radius 1 is 1.10 bits per heavy atom. The first-order valence-corrected chi connectivity index (χ1v) is 20.8. The molecule has 59 heavy (non-hydrogen) atoms. The van der Waals surface area contributed by atoms with Gasteiger partial charge in [-0.1, -0.05) is 26.0 Å². The molecular weight excluding hydrogens is 810 g/mol. The molecule has 0 radical (unpaired) electrons. The Morgan fingerprint density at radius 2 is 1.81 bits per heavy atom. The van der Waals surface area contributed by atoms with Gasteiger partial charge in [-0.3, -0.25) is 19.1 Å². The SMILES string of the molecule is COc1cc(F)cc2c(O[C@@H]3C[C@H]4C(=O)N[C@]5(C(=O)NS(=O)(=O)C6(CF)CC6)C[C@H]5/C=C\CC[C@H](C)C[C@@H](C)[C@H](NC(=O)OC(C)(C)C(F)(F)F)C(=O)N4C3)nccc12. The van der Waals surface area contributed by atoms with Crippen molar-refractivity contribution in [3.63, 3.8) is 0 Å². The molecular formula is C39H48F5N5O9S. The molecule has 6 rings (SSSR count). The van der Waals surface area contributed by atoms with E-state index in [2.05, 4.69) is 15.6 Å². The highest BCUT2D eigenvalue weighted by Crippen LogP contribution is 2.48. The van der Waals surface area contributed by atoms with Crippen LogP contribution in [0, 0.1) is 23.6 Å². The minimum Gasteiger partial charge on any atom is -0.496 e. The van der Waals surface area contributed by atoms with Gasteiger partial charge in [0.15, 0.2) is 0 Å². The van der Waals surface area contributed by atoms with Gasteiger partial charge >= 0.3 is 12.3 Å². The average Bonchev–Trinajstić information content (AvgIpc) is 4.06. The largest absolute Gasteiger partial charge is 0.496 e. The van der Waals surface area contributed by atoms with Crippen molar-refractivity contribution >= 4 is 44.6 Å². The van der Waals surface area contributed by atoms with E-state index in [0.29, 0.717) is 38.5 Å². The number of aromatic nitrogens is 1. The summed E-state index contributed by atoms with van der Waals surface area (Å²) < 4.78 is 113. The molecule has 2 aromatic rings. The molecule has 3 heterocycles. The Bertz CT molecular complexity index is 2130. The maximum Gasteiger partial charge on any atom is 0.427 e. The van der Waals surface area contributed by atoms with Crippen LogP contribution in [0.25, 0.3) is 10.8 Å². The minimum atomic E-state index is -4.96. The van der Waals surface area contributed by atoms with Crippen molar-refractivity contribution in [2.45, 2.75) is 113 Å². The van der Waals surface area contributed by atoms with E-state index in [1.807, 2.05) is 11.6 Å². The predicted octanol–water partition coefficient (Wildman–Crippen LogP) is 5.00. The molecule has 2 saturated carbocycles. The molecule has 4 amide bonds. The number of nitrogens with zero attached hydrogens (tertiary/aromatic N) is 2. The molecule has 2 aliphatic heterocycles. The molecule has 3 fully saturated rings. The van der Waals surface area contributed by atoms with Crippen molar-refractivity contribution < 1.29 is 63.8 Å². The van der Waals surface area contributed by atoms with E-state index in [9.17, 15) is 49.5 Å². The zero-order chi connectivity index (χ0) is 43.3. The van der Waals surface area contributed by atoms with Crippen molar-refractivity contribution in [3.05, 3.63) is 42.4 Å². The summed E-state index contributed by atoms with van der Waals surface area (Å²) in [5.41, 5.74) is -4.74. The number of pyridine rings is 1. The van der Waals surface area contributed by atoms with Gasteiger partial charge in [-0.25, -0.2) is 27.0 Å². The number of nitrogens with one attached hydrogen (secondary N) is 3. The zero-order valence-corrected chi connectivity index (χ0v) is 34.0. The summed E-state index contributed by atoms with van der Waals surface area (Å²) in [7, 11) is -3.14. The highest BCUT2D eigenvalue weighted by molar-refractivity contribution is 7.91. The number of carbonyl (C=O) groups is 4. The maximum atomic E-state index is 14.7. The van der Waals surface area contributed by atoms with E-state index in [1.54, 1.807) is 25.1 Å². The number of benzene rings is 1. The summed E-state index contributed by atoms with van der Waals surface area (Å²) in [5.74, 6) is -4.94. The second kappa shape index (κ2) is 16.0. The fourth-order valence-corrected chi connectivity index (χ4v) is 9.23. The lowest BCUT2D eigenvalue weighted by molar-refractivity contribution is -0.244. The van der Waals surface area contributed by atoms with Crippen molar-refractivity contribution in [1.82, 2.24) is 25.2 Å². The number of carbonyl (C=O) groups excluding carboxylic acids is 4. The van der Waals surface area contributed by atoms with E-state index in [-0.39, 0.29) is 55.2 Å². The number of rotatable bonds is 9. The van der Waals surface area contributed by atoms with Crippen molar-refractivity contribution in [3.8, 4) is 11.6 Å². The van der Waals surface area contributed by atoms with Crippen LogP contribution in [0.4, 0.5) is 26.7 Å². The number of hydrogen-bond acceptors (Lipinski definition) is 10. The molecule has 14 nitrogen and oxygen atoms in total. The van der Waals surface area contributed by atoms with Crippen LogP contribution < -0.4 is 24.8 Å². The Kier molecular flexibility index (Phi) is 11.9. The first-order valence-electron chi connectivity index (χ1n) is 19.3. The van der Waals surface area contributed by atoms with Crippen LogP contribution in [-0.4, -0.2) is 103 Å². The maximum absolute atomic E-state index is 14.7. The topological polar surface area (TPSA) is 182 Å². The highest BCUT2D eigenvalue weighted by Gasteiger charge is 2.64. The quantitative estimate of drug-likeness (QED) is 0.229. The number of sulfonamides is 1. The number of alkyl halides is 4. The number of ether oxygens (including phenoxy) is 3. The molecule has 324 valence electrons. The van der Waals surface area contributed by atoms with Crippen molar-refractivity contribution in [2.24, 2.45) is 17.8 Å². The summed E-state index contributed by atoms with van der Waals surface area (Å²) in [5, 5.41) is 5.63. The van der Waals surface area contributed by atoms with Crippen LogP contribution in [0.1, 0.15) is 72.6 Å². The lowest BCUT2D eigenvalue weighted by Gasteiger charge is -2.34. The molecule has 0 unspecified atom stereocenters. The van der Waals surface area contributed by atoms with Crippen LogP contribution in [-0.2, 0) is 29.1 Å². The number of fused-ring (bicyclic) bond motifs is 3. The fraction of sp³-hybridized carbons (Fsp3) is 0.615. The van der Waals surface area contributed by atoms with Crippen LogP contribution in [0.2, 0.25) is 0 Å². The summed E-state index contributed by atoms with van der Waals surface area (Å²) in [4.78, 5) is 61.5. The average molecular weight is 858 g/mol. The number of alkyl carbamates (subject to hydrolysis) is 1. The third kappa shape index (κ3) is 8.77. The van der Waals surface area contributed by atoms with Gasteiger partial charge in [0.2, 0.25) is 33.3 Å². The van der Waals surface area contributed by atoms with Crippen molar-refractivity contribution in [2.75, 3.05) is 20.3 Å². The lowest BCUT2D eigenvalue weighted by Crippen LogP contribution is -2.60. The molecule has 0 spiro atoms. The van der Waals surface area contributed by atoms with E-state index in [0.717, 1.165) is 17.0 Å². The molecule has 20 heteroatoms. The van der Waals surface area contributed by atoms with Gasteiger partial charge in [0.05, 0.1) is 19.0 Å². The third-order valence-electron chi connectivity index (χ3n) is 11.8. The van der Waals surface area contributed by atoms with Crippen LogP contribution in [0.15, 0.2) is 36.5 Å². The van der Waals surface area contributed by atoms with Gasteiger partial charge in [0.25, 0.3) is 5.91 Å². The normalized spacial score (nSPS) is 29.2. The predicted molar refractivity (Wildman–Crippen MR) is 202 cm³/mol. The lowest BCUT2D eigenvalue weighted by atomic mass is 9.88. The number of methoxy groups -OCH3 is 1. The van der Waals surface area contributed by atoms with Crippen molar-refractivity contribution in [1.29, 1.82) is 0 Å². The molecule has 2 aliphatic carbocycles. The Balaban J connectivity index is 1.37. The van der Waals surface area contributed by atoms with Gasteiger partial charge < -0.3 is 29.7 Å². The molecule has 1 aromatic carbocycles. The molecule has 3 N–H and O–H groups in total.